The molecule has 0 aliphatic rings. The molecule has 3 aromatic rings. The van der Waals surface area contributed by atoms with Crippen LogP contribution in [0.25, 0.3) is 17.3 Å². The maximum Gasteiger partial charge on any atom is 0.387 e. The van der Waals surface area contributed by atoms with Crippen LogP contribution in [0.1, 0.15) is 5.56 Å². The molecule has 162 valence electrons. The minimum atomic E-state index is -3.02. The predicted molar refractivity (Wildman–Crippen MR) is 114 cm³/mol. The lowest BCUT2D eigenvalue weighted by atomic mass is 10.2. The van der Waals surface area contributed by atoms with Crippen LogP contribution in [-0.2, 0) is 0 Å². The van der Waals surface area contributed by atoms with E-state index in [1.54, 1.807) is 24.3 Å². The average Bonchev–Trinajstić information content (AvgIpc) is 3.10. The van der Waals surface area contributed by atoms with E-state index in [1.807, 2.05) is 12.1 Å². The number of halogens is 2. The Balaban J connectivity index is 2.30. The molecular formula is C22H15F2N3O4S. The smallest absolute Gasteiger partial charge is 0.387 e. The van der Waals surface area contributed by atoms with Gasteiger partial charge in [-0.05, 0) is 35.9 Å². The van der Waals surface area contributed by atoms with E-state index in [2.05, 4.69) is 4.74 Å². The van der Waals surface area contributed by atoms with Crippen molar-refractivity contribution >= 4 is 23.0 Å². The molecule has 0 bridgehead atoms. The van der Waals surface area contributed by atoms with Gasteiger partial charge in [0.2, 0.25) is 0 Å². The number of methoxy groups -OCH3 is 2. The molecule has 0 fully saturated rings. The zero-order valence-corrected chi connectivity index (χ0v) is 17.7. The third-order valence-electron chi connectivity index (χ3n) is 4.29. The number of rotatable bonds is 6. The van der Waals surface area contributed by atoms with Gasteiger partial charge in [0.15, 0.2) is 17.1 Å². The fourth-order valence-electron chi connectivity index (χ4n) is 2.92. The Hall–Kier alpha value is -4.15. The molecule has 0 amide bonds. The van der Waals surface area contributed by atoms with Gasteiger partial charge in [-0.15, -0.1) is 11.3 Å². The number of alkyl halides is 2. The highest BCUT2D eigenvalue weighted by Crippen LogP contribution is 2.29. The fourth-order valence-corrected chi connectivity index (χ4v) is 3.97. The number of benzene rings is 2. The van der Waals surface area contributed by atoms with E-state index in [1.165, 1.54) is 43.1 Å². The van der Waals surface area contributed by atoms with Crippen molar-refractivity contribution in [3.05, 3.63) is 67.6 Å². The summed E-state index contributed by atoms with van der Waals surface area (Å²) in [5.41, 5.74) is 0.114. The summed E-state index contributed by atoms with van der Waals surface area (Å²) in [4.78, 5) is 13.3. The van der Waals surface area contributed by atoms with E-state index in [-0.39, 0.29) is 26.3 Å². The molecule has 0 aliphatic heterocycles. The average molecular weight is 455 g/mol. The predicted octanol–water partition coefficient (Wildman–Crippen LogP) is 2.54. The Morgan fingerprint density at radius 3 is 2.38 bits per heavy atom. The van der Waals surface area contributed by atoms with Gasteiger partial charge in [0.1, 0.15) is 22.6 Å². The number of hydrogen-bond donors (Lipinski definition) is 0. The molecule has 3 rings (SSSR count). The van der Waals surface area contributed by atoms with Gasteiger partial charge in [-0.2, -0.15) is 19.3 Å². The normalized spacial score (nSPS) is 11.0. The van der Waals surface area contributed by atoms with Gasteiger partial charge >= 0.3 is 6.61 Å². The highest BCUT2D eigenvalue weighted by molar-refractivity contribution is 7.07. The summed E-state index contributed by atoms with van der Waals surface area (Å²) in [6, 6.07) is 14.5. The van der Waals surface area contributed by atoms with Crippen LogP contribution in [0.5, 0.6) is 17.2 Å². The third-order valence-corrected chi connectivity index (χ3v) is 5.38. The molecular weight excluding hydrogens is 440 g/mol. The van der Waals surface area contributed by atoms with Gasteiger partial charge in [0, 0.05) is 0 Å². The summed E-state index contributed by atoms with van der Waals surface area (Å²) in [7, 11) is 2.74. The first-order chi connectivity index (χ1) is 15.4. The summed E-state index contributed by atoms with van der Waals surface area (Å²) >= 11 is 0.946. The monoisotopic (exact) mass is 455 g/mol. The zero-order chi connectivity index (χ0) is 23.3. The number of ether oxygens (including phenoxy) is 3. The van der Waals surface area contributed by atoms with Crippen molar-refractivity contribution in [2.45, 2.75) is 6.61 Å². The second kappa shape index (κ2) is 9.77. The van der Waals surface area contributed by atoms with Gasteiger partial charge in [-0.1, -0.05) is 18.2 Å². The molecule has 0 atom stereocenters. The van der Waals surface area contributed by atoms with Crippen molar-refractivity contribution in [2.75, 3.05) is 14.2 Å². The maximum absolute atomic E-state index is 13.3. The largest absolute Gasteiger partial charge is 0.495 e. The van der Waals surface area contributed by atoms with E-state index >= 15 is 0 Å². The lowest BCUT2D eigenvalue weighted by molar-refractivity contribution is -0.0512. The highest BCUT2D eigenvalue weighted by Gasteiger charge is 2.15. The van der Waals surface area contributed by atoms with Crippen molar-refractivity contribution in [3.63, 3.8) is 0 Å². The second-order valence-corrected chi connectivity index (χ2v) is 7.15. The fraction of sp³-hybridized carbons (Fsp3) is 0.136. The highest BCUT2D eigenvalue weighted by atomic mass is 32.1. The molecule has 0 unspecified atom stereocenters. The molecule has 0 spiro atoms. The molecule has 0 radical (unpaired) electrons. The Morgan fingerprint density at radius 1 is 1.06 bits per heavy atom. The summed E-state index contributed by atoms with van der Waals surface area (Å²) < 4.78 is 41.5. The van der Waals surface area contributed by atoms with Gasteiger partial charge in [0.25, 0.3) is 5.56 Å². The van der Waals surface area contributed by atoms with Crippen LogP contribution in [0.15, 0.2) is 47.3 Å². The van der Waals surface area contributed by atoms with Gasteiger partial charge in [0.05, 0.1) is 24.4 Å². The van der Waals surface area contributed by atoms with Gasteiger partial charge < -0.3 is 14.2 Å². The molecule has 32 heavy (non-hydrogen) atoms. The molecule has 2 aromatic carbocycles. The Morgan fingerprint density at radius 2 is 1.75 bits per heavy atom. The minimum Gasteiger partial charge on any atom is -0.495 e. The van der Waals surface area contributed by atoms with Crippen molar-refractivity contribution < 1.29 is 23.0 Å². The van der Waals surface area contributed by atoms with E-state index in [4.69, 9.17) is 9.47 Å². The van der Waals surface area contributed by atoms with Gasteiger partial charge in [-0.3, -0.25) is 9.36 Å². The molecule has 1 aromatic heterocycles. The molecule has 0 saturated carbocycles. The molecule has 10 heteroatoms. The lowest BCUT2D eigenvalue weighted by Gasteiger charge is -2.10. The summed E-state index contributed by atoms with van der Waals surface area (Å²) in [5, 5.41) is 18.8. The topological polar surface area (TPSA) is 97.3 Å². The van der Waals surface area contributed by atoms with E-state index < -0.39 is 12.2 Å². The molecule has 1 heterocycles. The molecule has 0 aliphatic carbocycles. The van der Waals surface area contributed by atoms with Crippen LogP contribution in [0.4, 0.5) is 8.78 Å². The SMILES string of the molecule is COc1cc(/C=c2/sc(=C(C#N)C#N)n(-c3ccccc3OC)c2=O)ccc1OC(F)F. The van der Waals surface area contributed by atoms with Crippen LogP contribution >= 0.6 is 11.3 Å². The molecule has 0 saturated heterocycles. The number of nitrogens with zero attached hydrogens (tertiary/aromatic N) is 3. The summed E-state index contributed by atoms with van der Waals surface area (Å²) in [6.07, 6.45) is 1.50. The van der Waals surface area contributed by atoms with E-state index in [0.717, 1.165) is 11.3 Å². The molecule has 7 nitrogen and oxygen atoms in total. The maximum atomic E-state index is 13.3. The van der Waals surface area contributed by atoms with Crippen LogP contribution in [-0.4, -0.2) is 25.4 Å². The van der Waals surface area contributed by atoms with Crippen molar-refractivity contribution in [1.29, 1.82) is 10.5 Å². The standard InChI is InChI=1S/C22H15F2N3O4S/c1-29-16-6-4-3-5-15(16)27-20(28)19(32-21(27)14(11-25)12-26)10-13-7-8-17(31-22(23)24)18(9-13)30-2/h3-10,22H,1-2H3/b19-10+. The first-order valence-corrected chi connectivity index (χ1v) is 9.79. The Labute approximate surface area is 184 Å². The van der Waals surface area contributed by atoms with Crippen LogP contribution < -0.4 is 29.0 Å². The van der Waals surface area contributed by atoms with Crippen LogP contribution in [0.2, 0.25) is 0 Å². The van der Waals surface area contributed by atoms with Gasteiger partial charge in [-0.25, -0.2) is 0 Å². The number of aromatic nitrogens is 1. The first kappa shape index (κ1) is 22.5. The third kappa shape index (κ3) is 4.46. The van der Waals surface area contributed by atoms with Crippen molar-refractivity contribution in [3.8, 4) is 35.1 Å². The second-order valence-electron chi connectivity index (χ2n) is 6.12. The first-order valence-electron chi connectivity index (χ1n) is 8.97. The quantitative estimate of drug-likeness (QED) is 0.567. The summed E-state index contributed by atoms with van der Waals surface area (Å²) in [5.74, 6) is 0.287. The number of nitriles is 2. The number of para-hydroxylation sites is 2. The van der Waals surface area contributed by atoms with Crippen molar-refractivity contribution in [2.24, 2.45) is 0 Å². The number of hydrogen-bond acceptors (Lipinski definition) is 7. The summed E-state index contributed by atoms with van der Waals surface area (Å²) in [6.45, 7) is -3.02. The lowest BCUT2D eigenvalue weighted by Crippen LogP contribution is -2.31. The molecule has 0 N–H and O–H groups in total. The van der Waals surface area contributed by atoms with Crippen LogP contribution in [0, 0.1) is 22.7 Å². The zero-order valence-electron chi connectivity index (χ0n) is 16.8. The van der Waals surface area contributed by atoms with Crippen LogP contribution in [0.3, 0.4) is 0 Å². The number of thiazole rings is 1. The Bertz CT molecular complexity index is 1400. The minimum absolute atomic E-state index is 0.0576. The Kier molecular flexibility index (Phi) is 6.88. The van der Waals surface area contributed by atoms with Crippen molar-refractivity contribution in [1.82, 2.24) is 4.57 Å². The van der Waals surface area contributed by atoms with E-state index in [0.29, 0.717) is 17.0 Å². The van der Waals surface area contributed by atoms with E-state index in [9.17, 15) is 24.1 Å².